The predicted octanol–water partition coefficient (Wildman–Crippen LogP) is 2.17. The first-order valence-electron chi connectivity index (χ1n) is 7.38. The minimum Gasteiger partial charge on any atom is -0.465 e. The second-order valence-electron chi connectivity index (χ2n) is 4.96. The second-order valence-corrected chi connectivity index (χ2v) is 4.96. The van der Waals surface area contributed by atoms with Gasteiger partial charge in [0.15, 0.2) is 0 Å². The van der Waals surface area contributed by atoms with E-state index in [-0.39, 0.29) is 5.95 Å². The Morgan fingerprint density at radius 2 is 2.00 bits per heavy atom. The van der Waals surface area contributed by atoms with Gasteiger partial charge in [-0.2, -0.15) is 4.98 Å². The number of hydrogen-bond acceptors (Lipinski definition) is 5. The predicted molar refractivity (Wildman–Crippen MR) is 83.5 cm³/mol. The quantitative estimate of drug-likeness (QED) is 0.519. The summed E-state index contributed by atoms with van der Waals surface area (Å²) < 4.78 is 0. The van der Waals surface area contributed by atoms with Crippen LogP contribution in [0.4, 0.5) is 16.6 Å². The maximum atomic E-state index is 10.4. The topological polar surface area (TPSA) is 113 Å². The van der Waals surface area contributed by atoms with Crippen LogP contribution in [-0.4, -0.2) is 34.3 Å². The molecular weight excluding hydrogens is 270 g/mol. The number of nitrogens with two attached hydrogens (primary N) is 1. The smallest absolute Gasteiger partial charge is 0.404 e. The number of carbonyl (C=O) groups is 1. The summed E-state index contributed by atoms with van der Waals surface area (Å²) in [6.45, 7) is 5.32. The number of aryl methyl sites for hydroxylation is 1. The van der Waals surface area contributed by atoms with E-state index in [0.29, 0.717) is 19.4 Å². The second kappa shape index (κ2) is 8.99. The highest BCUT2D eigenvalue weighted by Gasteiger charge is 2.10. The molecule has 0 radical (unpaired) electrons. The van der Waals surface area contributed by atoms with Crippen LogP contribution in [0.1, 0.15) is 43.9 Å². The highest BCUT2D eigenvalue weighted by Crippen LogP contribution is 2.19. The molecule has 0 atom stereocenters. The number of nitrogens with zero attached hydrogens (tertiary/aromatic N) is 2. The molecule has 1 aromatic rings. The molecule has 1 rings (SSSR count). The molecule has 0 aliphatic carbocycles. The molecule has 0 saturated heterocycles. The van der Waals surface area contributed by atoms with E-state index in [1.807, 2.05) is 6.92 Å². The van der Waals surface area contributed by atoms with Gasteiger partial charge in [0.05, 0.1) is 0 Å². The van der Waals surface area contributed by atoms with Gasteiger partial charge >= 0.3 is 6.09 Å². The Balaban J connectivity index is 2.63. The average Bonchev–Trinajstić information content (AvgIpc) is 2.41. The van der Waals surface area contributed by atoms with Gasteiger partial charge in [0, 0.05) is 24.3 Å². The van der Waals surface area contributed by atoms with Gasteiger partial charge in [-0.1, -0.05) is 19.8 Å². The first kappa shape index (κ1) is 17.0. The van der Waals surface area contributed by atoms with Crippen LogP contribution in [0.15, 0.2) is 0 Å². The van der Waals surface area contributed by atoms with Crippen molar-refractivity contribution in [2.45, 2.75) is 46.0 Å². The summed E-state index contributed by atoms with van der Waals surface area (Å²) in [5.41, 5.74) is 7.55. The number of nitrogen functional groups attached to an aromatic ring is 1. The van der Waals surface area contributed by atoms with E-state index in [1.165, 1.54) is 12.8 Å². The maximum Gasteiger partial charge on any atom is 0.404 e. The third-order valence-corrected chi connectivity index (χ3v) is 3.18. The number of amides is 1. The van der Waals surface area contributed by atoms with E-state index in [1.54, 1.807) is 0 Å². The summed E-state index contributed by atoms with van der Waals surface area (Å²) in [5.74, 6) is 1.03. The van der Waals surface area contributed by atoms with Crippen LogP contribution < -0.4 is 16.4 Å². The fourth-order valence-electron chi connectivity index (χ4n) is 2.11. The molecule has 0 unspecified atom stereocenters. The number of anilines is 2. The van der Waals surface area contributed by atoms with E-state index in [9.17, 15) is 4.79 Å². The lowest BCUT2D eigenvalue weighted by atomic mass is 10.1. The molecule has 5 N–H and O–H groups in total. The van der Waals surface area contributed by atoms with Crippen molar-refractivity contribution in [1.29, 1.82) is 0 Å². The molecular formula is C14H25N5O2. The third kappa shape index (κ3) is 6.29. The molecule has 1 amide bonds. The molecule has 0 aromatic carbocycles. The Bertz CT molecular complexity index is 465. The van der Waals surface area contributed by atoms with Crippen LogP contribution in [-0.2, 0) is 6.42 Å². The Hall–Kier alpha value is -2.05. The molecule has 0 fully saturated rings. The third-order valence-electron chi connectivity index (χ3n) is 3.18. The van der Waals surface area contributed by atoms with Crippen LogP contribution >= 0.6 is 0 Å². The molecule has 0 aliphatic heterocycles. The zero-order chi connectivity index (χ0) is 15.7. The summed E-state index contributed by atoms with van der Waals surface area (Å²) in [7, 11) is 0. The summed E-state index contributed by atoms with van der Waals surface area (Å²) in [6, 6.07) is 0. The number of nitrogens with one attached hydrogen (secondary N) is 2. The van der Waals surface area contributed by atoms with Crippen molar-refractivity contribution in [2.75, 3.05) is 24.1 Å². The Labute approximate surface area is 125 Å². The first-order chi connectivity index (χ1) is 10.0. The molecule has 118 valence electrons. The van der Waals surface area contributed by atoms with E-state index < -0.39 is 6.09 Å². The Morgan fingerprint density at radius 3 is 2.67 bits per heavy atom. The summed E-state index contributed by atoms with van der Waals surface area (Å²) in [6.07, 6.45) is 3.83. The van der Waals surface area contributed by atoms with Crippen molar-refractivity contribution in [3.05, 3.63) is 11.3 Å². The molecule has 21 heavy (non-hydrogen) atoms. The normalized spacial score (nSPS) is 10.4. The molecule has 1 heterocycles. The van der Waals surface area contributed by atoms with Crippen LogP contribution in [0.25, 0.3) is 0 Å². The van der Waals surface area contributed by atoms with Crippen LogP contribution in [0.3, 0.4) is 0 Å². The zero-order valence-corrected chi connectivity index (χ0v) is 12.8. The number of carboxylic acid groups (broad SMARTS) is 1. The highest BCUT2D eigenvalue weighted by molar-refractivity contribution is 5.64. The average molecular weight is 295 g/mol. The zero-order valence-electron chi connectivity index (χ0n) is 12.8. The monoisotopic (exact) mass is 295 g/mol. The van der Waals surface area contributed by atoms with Crippen molar-refractivity contribution in [3.8, 4) is 0 Å². The summed E-state index contributed by atoms with van der Waals surface area (Å²) in [4.78, 5) is 18.9. The van der Waals surface area contributed by atoms with Crippen LogP contribution in [0, 0.1) is 6.92 Å². The lowest BCUT2D eigenvalue weighted by Gasteiger charge is -2.13. The molecule has 0 aliphatic rings. The van der Waals surface area contributed by atoms with E-state index in [4.69, 9.17) is 10.8 Å². The number of hydrogen-bond donors (Lipinski definition) is 4. The number of unbranched alkanes of at least 4 members (excludes halogenated alkanes) is 2. The van der Waals surface area contributed by atoms with Crippen molar-refractivity contribution in [1.82, 2.24) is 15.3 Å². The van der Waals surface area contributed by atoms with E-state index in [0.717, 1.165) is 30.0 Å². The van der Waals surface area contributed by atoms with Crippen LogP contribution in [0.2, 0.25) is 0 Å². The van der Waals surface area contributed by atoms with Gasteiger partial charge in [-0.15, -0.1) is 0 Å². The number of aromatic nitrogens is 2. The highest BCUT2D eigenvalue weighted by atomic mass is 16.4. The Kier molecular flexibility index (Phi) is 7.28. The van der Waals surface area contributed by atoms with Crippen LogP contribution in [0.5, 0.6) is 0 Å². The van der Waals surface area contributed by atoms with Gasteiger partial charge in [-0.25, -0.2) is 9.78 Å². The van der Waals surface area contributed by atoms with Gasteiger partial charge in [0.1, 0.15) is 5.82 Å². The molecule has 0 bridgehead atoms. The standard InChI is InChI=1S/C14H25N5O2/c1-3-4-5-8-16-12-11(7-6-9-17-14(20)21)10(2)18-13(15)19-12/h17H,3-9H2,1-2H3,(H,20,21)(H3,15,16,18,19). The van der Waals surface area contributed by atoms with Gasteiger partial charge in [0.2, 0.25) is 5.95 Å². The lowest BCUT2D eigenvalue weighted by Crippen LogP contribution is -2.22. The van der Waals surface area contributed by atoms with Gasteiger partial charge < -0.3 is 21.5 Å². The van der Waals surface area contributed by atoms with Crippen molar-refractivity contribution in [2.24, 2.45) is 0 Å². The van der Waals surface area contributed by atoms with Gasteiger partial charge in [-0.05, 0) is 26.2 Å². The van der Waals surface area contributed by atoms with Crippen molar-refractivity contribution in [3.63, 3.8) is 0 Å². The maximum absolute atomic E-state index is 10.4. The van der Waals surface area contributed by atoms with E-state index in [2.05, 4.69) is 27.5 Å². The van der Waals surface area contributed by atoms with Gasteiger partial charge in [-0.3, -0.25) is 0 Å². The van der Waals surface area contributed by atoms with Crippen molar-refractivity contribution < 1.29 is 9.90 Å². The summed E-state index contributed by atoms with van der Waals surface area (Å²) in [5, 5.41) is 14.2. The van der Waals surface area contributed by atoms with Crippen molar-refractivity contribution >= 4 is 17.9 Å². The fraction of sp³-hybridized carbons (Fsp3) is 0.643. The number of rotatable bonds is 9. The van der Waals surface area contributed by atoms with Gasteiger partial charge in [0.25, 0.3) is 0 Å². The molecule has 7 nitrogen and oxygen atoms in total. The Morgan fingerprint density at radius 1 is 1.24 bits per heavy atom. The molecule has 7 heteroatoms. The largest absolute Gasteiger partial charge is 0.465 e. The molecule has 0 spiro atoms. The lowest BCUT2D eigenvalue weighted by molar-refractivity contribution is 0.194. The first-order valence-corrected chi connectivity index (χ1v) is 7.38. The molecule has 0 saturated carbocycles. The fourth-order valence-corrected chi connectivity index (χ4v) is 2.11. The minimum atomic E-state index is -1.00. The minimum absolute atomic E-state index is 0.262. The summed E-state index contributed by atoms with van der Waals surface area (Å²) >= 11 is 0. The SMILES string of the molecule is CCCCCNc1nc(N)nc(C)c1CCCNC(=O)O. The van der Waals surface area contributed by atoms with E-state index >= 15 is 0 Å². The molecule has 1 aromatic heterocycles.